The summed E-state index contributed by atoms with van der Waals surface area (Å²) in [5.41, 5.74) is 2.52. The zero-order valence-corrected chi connectivity index (χ0v) is 16.7. The van der Waals surface area contributed by atoms with Crippen LogP contribution in [0.1, 0.15) is 22.6 Å². The summed E-state index contributed by atoms with van der Waals surface area (Å²) in [6.45, 7) is -0.464. The Morgan fingerprint density at radius 3 is 2.23 bits per heavy atom. The Labute approximate surface area is 180 Å². The Balaban J connectivity index is 1.92. The standard InChI is InChI=1S/C23H16ClF3N2O2/c24-17-11-7-15(8-12-17)22-21(18-3-1-2-4-20(18)28-22)19(13-29(30)31)14-5-9-16(10-6-14)23(25,26)27/h1-12,19,28H,13H2. The van der Waals surface area contributed by atoms with Crippen molar-refractivity contribution >= 4 is 22.5 Å². The Kier molecular flexibility index (Phi) is 5.45. The predicted octanol–water partition coefficient (Wildman–Crippen LogP) is 6.92. The maximum absolute atomic E-state index is 13.0. The minimum absolute atomic E-state index is 0.435. The third kappa shape index (κ3) is 4.27. The molecule has 0 saturated carbocycles. The van der Waals surface area contributed by atoms with E-state index in [0.29, 0.717) is 21.8 Å². The fraction of sp³-hybridized carbons (Fsp3) is 0.130. The molecule has 0 saturated heterocycles. The van der Waals surface area contributed by atoms with Gasteiger partial charge in [0.15, 0.2) is 0 Å². The maximum Gasteiger partial charge on any atom is 0.416 e. The van der Waals surface area contributed by atoms with Crippen LogP contribution >= 0.6 is 11.6 Å². The molecule has 0 radical (unpaired) electrons. The van der Waals surface area contributed by atoms with Gasteiger partial charge in [-0.05, 0) is 47.0 Å². The van der Waals surface area contributed by atoms with E-state index in [9.17, 15) is 23.3 Å². The molecule has 0 aliphatic heterocycles. The van der Waals surface area contributed by atoms with Gasteiger partial charge >= 0.3 is 6.18 Å². The van der Waals surface area contributed by atoms with Crippen molar-refractivity contribution in [2.75, 3.05) is 6.54 Å². The lowest BCUT2D eigenvalue weighted by Gasteiger charge is -2.17. The number of rotatable bonds is 5. The van der Waals surface area contributed by atoms with Crippen molar-refractivity contribution in [1.82, 2.24) is 4.98 Å². The van der Waals surface area contributed by atoms with Crippen molar-refractivity contribution in [2.45, 2.75) is 12.1 Å². The van der Waals surface area contributed by atoms with Gasteiger partial charge in [0.2, 0.25) is 6.54 Å². The predicted molar refractivity (Wildman–Crippen MR) is 114 cm³/mol. The van der Waals surface area contributed by atoms with Gasteiger partial charge in [-0.15, -0.1) is 0 Å². The van der Waals surface area contributed by atoms with Crippen molar-refractivity contribution in [3.8, 4) is 11.3 Å². The fourth-order valence-corrected chi connectivity index (χ4v) is 3.91. The molecule has 0 fully saturated rings. The second-order valence-electron chi connectivity index (χ2n) is 7.15. The molecule has 0 aliphatic carbocycles. The van der Waals surface area contributed by atoms with Crippen molar-refractivity contribution < 1.29 is 18.1 Å². The highest BCUT2D eigenvalue weighted by Crippen LogP contribution is 2.40. The van der Waals surface area contributed by atoms with Gasteiger partial charge in [0, 0.05) is 20.8 Å². The van der Waals surface area contributed by atoms with Gasteiger partial charge < -0.3 is 4.98 Å². The second kappa shape index (κ2) is 8.07. The first-order chi connectivity index (χ1) is 14.7. The van der Waals surface area contributed by atoms with E-state index in [2.05, 4.69) is 4.98 Å². The lowest BCUT2D eigenvalue weighted by Crippen LogP contribution is -2.15. The fourth-order valence-electron chi connectivity index (χ4n) is 3.79. The normalized spacial score (nSPS) is 12.8. The van der Waals surface area contributed by atoms with E-state index < -0.39 is 29.1 Å². The second-order valence-corrected chi connectivity index (χ2v) is 7.59. The molecule has 1 atom stereocenters. The van der Waals surface area contributed by atoms with Crippen molar-refractivity contribution in [3.05, 3.63) is 105 Å². The summed E-state index contributed by atoms with van der Waals surface area (Å²) < 4.78 is 39.0. The molecule has 0 bridgehead atoms. The van der Waals surface area contributed by atoms with E-state index in [1.165, 1.54) is 12.1 Å². The Morgan fingerprint density at radius 1 is 0.968 bits per heavy atom. The van der Waals surface area contributed by atoms with Crippen LogP contribution in [0.4, 0.5) is 13.2 Å². The van der Waals surface area contributed by atoms with Crippen LogP contribution in [0.2, 0.25) is 5.02 Å². The third-order valence-electron chi connectivity index (χ3n) is 5.20. The number of aromatic amines is 1. The summed E-state index contributed by atoms with van der Waals surface area (Å²) in [7, 11) is 0. The molecule has 3 aromatic carbocycles. The number of alkyl halides is 3. The average molecular weight is 445 g/mol. The third-order valence-corrected chi connectivity index (χ3v) is 5.45. The van der Waals surface area contributed by atoms with Crippen LogP contribution in [0.3, 0.4) is 0 Å². The Morgan fingerprint density at radius 2 is 1.61 bits per heavy atom. The van der Waals surface area contributed by atoms with Crippen LogP contribution in [0.25, 0.3) is 22.2 Å². The van der Waals surface area contributed by atoms with E-state index in [-0.39, 0.29) is 0 Å². The van der Waals surface area contributed by atoms with E-state index >= 15 is 0 Å². The van der Waals surface area contributed by atoms with Crippen LogP contribution in [0.5, 0.6) is 0 Å². The first kappa shape index (κ1) is 20.9. The Bertz CT molecular complexity index is 1230. The van der Waals surface area contributed by atoms with Crippen LogP contribution in [-0.4, -0.2) is 16.5 Å². The van der Waals surface area contributed by atoms with E-state index in [1.54, 1.807) is 24.3 Å². The summed E-state index contributed by atoms with van der Waals surface area (Å²) in [5.74, 6) is -0.751. The summed E-state index contributed by atoms with van der Waals surface area (Å²) in [6, 6.07) is 18.9. The van der Waals surface area contributed by atoms with Gasteiger partial charge in [0.05, 0.1) is 17.2 Å². The molecule has 4 aromatic rings. The largest absolute Gasteiger partial charge is 0.416 e. The number of hydrogen-bond acceptors (Lipinski definition) is 2. The van der Waals surface area contributed by atoms with Gasteiger partial charge in [-0.3, -0.25) is 10.1 Å². The van der Waals surface area contributed by atoms with Crippen LogP contribution < -0.4 is 0 Å². The minimum Gasteiger partial charge on any atom is -0.354 e. The van der Waals surface area contributed by atoms with Crippen LogP contribution in [0.15, 0.2) is 72.8 Å². The minimum atomic E-state index is -4.48. The quantitative estimate of drug-likeness (QED) is 0.268. The lowest BCUT2D eigenvalue weighted by molar-refractivity contribution is -0.481. The number of benzene rings is 3. The molecule has 1 N–H and O–H groups in total. The molecule has 158 valence electrons. The highest BCUT2D eigenvalue weighted by molar-refractivity contribution is 6.30. The number of H-pyrrole nitrogens is 1. The number of nitro groups is 1. The summed E-state index contributed by atoms with van der Waals surface area (Å²) in [6.07, 6.45) is -4.48. The number of halogens is 4. The number of para-hydroxylation sites is 1. The number of nitrogens with one attached hydrogen (secondary N) is 1. The highest BCUT2D eigenvalue weighted by Gasteiger charge is 2.32. The highest BCUT2D eigenvalue weighted by atomic mass is 35.5. The average Bonchev–Trinajstić information content (AvgIpc) is 3.11. The monoisotopic (exact) mass is 444 g/mol. The van der Waals surface area contributed by atoms with Crippen molar-refractivity contribution in [3.63, 3.8) is 0 Å². The molecule has 8 heteroatoms. The lowest BCUT2D eigenvalue weighted by atomic mass is 9.87. The Hall–Kier alpha value is -3.32. The number of hydrogen-bond donors (Lipinski definition) is 1. The van der Waals surface area contributed by atoms with Gasteiger partial charge in [-0.25, -0.2) is 0 Å². The van der Waals surface area contributed by atoms with Gasteiger partial charge in [0.25, 0.3) is 0 Å². The molecule has 1 aromatic heterocycles. The molecule has 0 spiro atoms. The number of nitrogens with zero attached hydrogens (tertiary/aromatic N) is 1. The molecule has 31 heavy (non-hydrogen) atoms. The molecule has 1 heterocycles. The molecular weight excluding hydrogens is 429 g/mol. The molecule has 0 aliphatic rings. The SMILES string of the molecule is O=[N+]([O-])CC(c1ccc(C(F)(F)F)cc1)c1c(-c2ccc(Cl)cc2)[nH]c2ccccc12. The summed E-state index contributed by atoms with van der Waals surface area (Å²) in [4.78, 5) is 14.4. The number of aromatic nitrogens is 1. The smallest absolute Gasteiger partial charge is 0.354 e. The summed E-state index contributed by atoms with van der Waals surface area (Å²) in [5, 5.41) is 12.9. The first-order valence-corrected chi connectivity index (χ1v) is 9.77. The molecule has 0 amide bonds. The molecule has 4 nitrogen and oxygen atoms in total. The zero-order chi connectivity index (χ0) is 22.2. The van der Waals surface area contributed by atoms with E-state index in [4.69, 9.17) is 11.6 Å². The van der Waals surface area contributed by atoms with Crippen molar-refractivity contribution in [2.24, 2.45) is 0 Å². The maximum atomic E-state index is 13.0. The first-order valence-electron chi connectivity index (χ1n) is 9.39. The van der Waals surface area contributed by atoms with Crippen molar-refractivity contribution in [1.29, 1.82) is 0 Å². The number of fused-ring (bicyclic) bond motifs is 1. The molecule has 4 rings (SSSR count). The topological polar surface area (TPSA) is 58.9 Å². The van der Waals surface area contributed by atoms with E-state index in [0.717, 1.165) is 28.6 Å². The van der Waals surface area contributed by atoms with Gasteiger partial charge in [0.1, 0.15) is 0 Å². The van der Waals surface area contributed by atoms with Gasteiger partial charge in [-0.2, -0.15) is 13.2 Å². The molecular formula is C23H16ClF3N2O2. The van der Waals surface area contributed by atoms with Crippen LogP contribution in [0, 0.1) is 10.1 Å². The van der Waals surface area contributed by atoms with Crippen LogP contribution in [-0.2, 0) is 6.18 Å². The molecule has 1 unspecified atom stereocenters. The summed E-state index contributed by atoms with van der Waals surface area (Å²) >= 11 is 6.01. The van der Waals surface area contributed by atoms with E-state index in [1.807, 2.05) is 24.3 Å². The van der Waals surface area contributed by atoms with Gasteiger partial charge in [-0.1, -0.05) is 54.1 Å². The zero-order valence-electron chi connectivity index (χ0n) is 16.0.